The van der Waals surface area contributed by atoms with Gasteiger partial charge in [-0.2, -0.15) is 0 Å². The number of nitrogens with zero attached hydrogens (tertiary/aromatic N) is 1. The molecule has 1 unspecified atom stereocenters. The van der Waals surface area contributed by atoms with Crippen LogP contribution in [0.2, 0.25) is 0 Å². The molecule has 0 aromatic heterocycles. The van der Waals surface area contributed by atoms with Crippen molar-refractivity contribution in [3.8, 4) is 5.75 Å². The minimum absolute atomic E-state index is 0.00128. The second-order valence-electron chi connectivity index (χ2n) is 9.27. The zero-order valence-corrected chi connectivity index (χ0v) is 21.7. The molecule has 2 aromatic rings. The number of nitrogens with one attached hydrogen (secondary N) is 1. The van der Waals surface area contributed by atoms with E-state index in [-0.39, 0.29) is 17.9 Å². The van der Waals surface area contributed by atoms with E-state index in [9.17, 15) is 9.59 Å². The third-order valence-electron chi connectivity index (χ3n) is 6.38. The van der Waals surface area contributed by atoms with Gasteiger partial charge in [0.15, 0.2) is 0 Å². The predicted molar refractivity (Wildman–Crippen MR) is 140 cm³/mol. The molecule has 1 fully saturated rings. The topological polar surface area (TPSA) is 58.6 Å². The average molecular weight is 483 g/mol. The van der Waals surface area contributed by atoms with Crippen molar-refractivity contribution in [1.82, 2.24) is 10.2 Å². The number of amides is 2. The molecular formula is C28H38N2O3S. The lowest BCUT2D eigenvalue weighted by Gasteiger charge is -2.31. The lowest BCUT2D eigenvalue weighted by atomic mass is 10.1. The maximum Gasteiger partial charge on any atom is 0.243 e. The molecule has 0 saturated heterocycles. The molecule has 0 bridgehead atoms. The lowest BCUT2D eigenvalue weighted by molar-refractivity contribution is -0.139. The quantitative estimate of drug-likeness (QED) is 0.465. The fourth-order valence-electron chi connectivity index (χ4n) is 4.71. The molecule has 0 heterocycles. The second kappa shape index (κ2) is 12.8. The van der Waals surface area contributed by atoms with E-state index in [0.717, 1.165) is 42.7 Å². The smallest absolute Gasteiger partial charge is 0.243 e. The Morgan fingerprint density at radius 1 is 1.06 bits per heavy atom. The van der Waals surface area contributed by atoms with Crippen LogP contribution in [0.25, 0.3) is 0 Å². The van der Waals surface area contributed by atoms with E-state index in [2.05, 4.69) is 37.4 Å². The van der Waals surface area contributed by atoms with Gasteiger partial charge >= 0.3 is 0 Å². The van der Waals surface area contributed by atoms with Crippen LogP contribution < -0.4 is 10.1 Å². The Labute approximate surface area is 208 Å². The largest absolute Gasteiger partial charge is 0.497 e. The highest BCUT2D eigenvalue weighted by molar-refractivity contribution is 7.99. The predicted octanol–water partition coefficient (Wildman–Crippen LogP) is 5.41. The summed E-state index contributed by atoms with van der Waals surface area (Å²) >= 11 is 1.61. The number of thioether (sulfide) groups is 1. The van der Waals surface area contributed by atoms with Crippen molar-refractivity contribution >= 4 is 23.6 Å². The molecule has 34 heavy (non-hydrogen) atoms. The van der Waals surface area contributed by atoms with Crippen LogP contribution in [0, 0.1) is 13.8 Å². The molecular weight excluding hydrogens is 444 g/mol. The van der Waals surface area contributed by atoms with E-state index in [4.69, 9.17) is 4.74 Å². The van der Waals surface area contributed by atoms with E-state index in [1.165, 1.54) is 16.7 Å². The van der Waals surface area contributed by atoms with Crippen molar-refractivity contribution in [2.24, 2.45) is 0 Å². The van der Waals surface area contributed by atoms with Gasteiger partial charge in [0.05, 0.1) is 12.9 Å². The summed E-state index contributed by atoms with van der Waals surface area (Å²) in [5.41, 5.74) is 4.68. The van der Waals surface area contributed by atoms with Gasteiger partial charge in [0.2, 0.25) is 11.8 Å². The van der Waals surface area contributed by atoms with Crippen LogP contribution in [0.5, 0.6) is 5.75 Å². The molecule has 184 valence electrons. The van der Waals surface area contributed by atoms with E-state index in [0.29, 0.717) is 18.7 Å². The standard InChI is InChI=1S/C28H38N2O3S/c1-5-26(28(32)29-24-8-6-7-9-24)30(17-22-10-12-25(33-4)13-11-22)27(31)19-34-18-23-15-20(2)14-21(3)16-23/h10-16,24,26H,5-9,17-19H2,1-4H3,(H,29,32). The summed E-state index contributed by atoms with van der Waals surface area (Å²) in [6.07, 6.45) is 4.96. The summed E-state index contributed by atoms with van der Waals surface area (Å²) in [6.45, 7) is 6.58. The summed E-state index contributed by atoms with van der Waals surface area (Å²) in [5, 5.41) is 3.20. The van der Waals surface area contributed by atoms with Gasteiger partial charge in [-0.25, -0.2) is 0 Å². The molecule has 0 spiro atoms. The molecule has 0 radical (unpaired) electrons. The Hall–Kier alpha value is -2.47. The van der Waals surface area contributed by atoms with Crippen molar-refractivity contribution in [3.05, 3.63) is 64.7 Å². The van der Waals surface area contributed by atoms with Crippen molar-refractivity contribution < 1.29 is 14.3 Å². The SMILES string of the molecule is CCC(C(=O)NC1CCCC1)N(Cc1ccc(OC)cc1)C(=O)CSCc1cc(C)cc(C)c1. The summed E-state index contributed by atoms with van der Waals surface area (Å²) in [7, 11) is 1.64. The number of ether oxygens (including phenoxy) is 1. The lowest BCUT2D eigenvalue weighted by Crippen LogP contribution is -2.51. The first kappa shape index (κ1) is 26.1. The molecule has 5 nitrogen and oxygen atoms in total. The highest BCUT2D eigenvalue weighted by Crippen LogP contribution is 2.22. The molecule has 1 atom stereocenters. The van der Waals surface area contributed by atoms with Crippen LogP contribution in [0.15, 0.2) is 42.5 Å². The van der Waals surface area contributed by atoms with Gasteiger partial charge in [0, 0.05) is 18.3 Å². The monoisotopic (exact) mass is 482 g/mol. The Balaban J connectivity index is 1.71. The van der Waals surface area contributed by atoms with Crippen LogP contribution in [0.4, 0.5) is 0 Å². The minimum Gasteiger partial charge on any atom is -0.497 e. The van der Waals surface area contributed by atoms with Gasteiger partial charge in [-0.05, 0) is 56.4 Å². The number of carbonyl (C=O) groups excluding carboxylic acids is 2. The first-order valence-electron chi connectivity index (χ1n) is 12.3. The maximum atomic E-state index is 13.4. The summed E-state index contributed by atoms with van der Waals surface area (Å²) in [5.74, 6) is 1.86. The van der Waals surface area contributed by atoms with Crippen LogP contribution in [-0.2, 0) is 21.9 Å². The zero-order chi connectivity index (χ0) is 24.5. The molecule has 1 saturated carbocycles. The minimum atomic E-state index is -0.475. The summed E-state index contributed by atoms with van der Waals surface area (Å²) in [4.78, 5) is 28.4. The molecule has 2 aromatic carbocycles. The highest BCUT2D eigenvalue weighted by atomic mass is 32.2. The third kappa shape index (κ3) is 7.52. The number of hydrogen-bond donors (Lipinski definition) is 1. The maximum absolute atomic E-state index is 13.4. The van der Waals surface area contributed by atoms with Gasteiger partial charge in [-0.15, -0.1) is 11.8 Å². The van der Waals surface area contributed by atoms with Gasteiger partial charge in [-0.3, -0.25) is 9.59 Å². The normalized spacial score (nSPS) is 14.6. The van der Waals surface area contributed by atoms with Gasteiger partial charge in [0.25, 0.3) is 0 Å². The van der Waals surface area contributed by atoms with Gasteiger partial charge < -0.3 is 15.0 Å². The van der Waals surface area contributed by atoms with Crippen molar-refractivity contribution in [2.75, 3.05) is 12.9 Å². The number of hydrogen-bond acceptors (Lipinski definition) is 4. The van der Waals surface area contributed by atoms with E-state index in [1.54, 1.807) is 23.8 Å². The van der Waals surface area contributed by atoms with Crippen molar-refractivity contribution in [1.29, 1.82) is 0 Å². The fraction of sp³-hybridized carbons (Fsp3) is 0.500. The molecule has 0 aliphatic heterocycles. The molecule has 3 rings (SSSR count). The first-order valence-corrected chi connectivity index (χ1v) is 13.4. The van der Waals surface area contributed by atoms with Crippen molar-refractivity contribution in [2.45, 2.75) is 77.3 Å². The zero-order valence-electron chi connectivity index (χ0n) is 20.9. The first-order chi connectivity index (χ1) is 16.4. The van der Waals surface area contributed by atoms with Crippen LogP contribution in [0.1, 0.15) is 61.3 Å². The Morgan fingerprint density at radius 3 is 2.29 bits per heavy atom. The summed E-state index contributed by atoms with van der Waals surface area (Å²) in [6, 6.07) is 14.0. The second-order valence-corrected chi connectivity index (χ2v) is 10.3. The molecule has 1 N–H and O–H groups in total. The van der Waals surface area contributed by atoms with Crippen molar-refractivity contribution in [3.63, 3.8) is 0 Å². The number of benzene rings is 2. The van der Waals surface area contributed by atoms with E-state index >= 15 is 0 Å². The van der Waals surface area contributed by atoms with Crippen LogP contribution >= 0.6 is 11.8 Å². The molecule has 2 amide bonds. The molecule has 6 heteroatoms. The van der Waals surface area contributed by atoms with E-state index in [1.807, 2.05) is 31.2 Å². The van der Waals surface area contributed by atoms with E-state index < -0.39 is 6.04 Å². The average Bonchev–Trinajstić information content (AvgIpc) is 3.31. The number of rotatable bonds is 11. The van der Waals surface area contributed by atoms with Crippen LogP contribution in [-0.4, -0.2) is 41.7 Å². The number of carbonyl (C=O) groups is 2. The highest BCUT2D eigenvalue weighted by Gasteiger charge is 2.30. The van der Waals surface area contributed by atoms with Gasteiger partial charge in [-0.1, -0.05) is 61.2 Å². The number of aryl methyl sites for hydroxylation is 2. The molecule has 1 aliphatic rings. The number of methoxy groups -OCH3 is 1. The Bertz CT molecular complexity index is 934. The van der Waals surface area contributed by atoms with Gasteiger partial charge in [0.1, 0.15) is 11.8 Å². The Kier molecular flexibility index (Phi) is 9.87. The third-order valence-corrected chi connectivity index (χ3v) is 7.36. The molecule has 1 aliphatic carbocycles. The van der Waals surface area contributed by atoms with Crippen LogP contribution in [0.3, 0.4) is 0 Å². The fourth-order valence-corrected chi connectivity index (χ4v) is 5.55. The Morgan fingerprint density at radius 2 is 1.71 bits per heavy atom. The summed E-state index contributed by atoms with van der Waals surface area (Å²) < 4.78 is 5.27.